The summed E-state index contributed by atoms with van der Waals surface area (Å²) in [6.45, 7) is 6.54. The first-order valence-electron chi connectivity index (χ1n) is 6.66. The molecule has 3 N–H and O–H groups in total. The molecule has 106 valence electrons. The van der Waals surface area contributed by atoms with E-state index in [-0.39, 0.29) is 5.54 Å². The summed E-state index contributed by atoms with van der Waals surface area (Å²) in [5.41, 5.74) is 6.79. The molecule has 0 unspecified atom stereocenters. The van der Waals surface area contributed by atoms with Gasteiger partial charge in [0, 0.05) is 11.1 Å². The number of guanidine groups is 1. The second kappa shape index (κ2) is 5.82. The van der Waals surface area contributed by atoms with Gasteiger partial charge >= 0.3 is 0 Å². The van der Waals surface area contributed by atoms with Crippen LogP contribution in [0, 0.1) is 0 Å². The number of nitrogens with one attached hydrogen (secondary N) is 1. The van der Waals surface area contributed by atoms with Gasteiger partial charge in [0.05, 0.1) is 0 Å². The number of hydrogen-bond donors (Lipinski definition) is 2. The van der Waals surface area contributed by atoms with Crippen LogP contribution < -0.4 is 11.1 Å². The number of nitrogens with zero attached hydrogens (tertiary/aromatic N) is 1. The fourth-order valence-electron chi connectivity index (χ4n) is 1.81. The van der Waals surface area contributed by atoms with Crippen LogP contribution in [0.1, 0.15) is 26.5 Å². The van der Waals surface area contributed by atoms with Crippen LogP contribution in [-0.2, 0) is 6.54 Å². The van der Waals surface area contributed by atoms with Crippen molar-refractivity contribution in [2.45, 2.75) is 32.9 Å². The molecular weight excluding hydrogens is 250 g/mol. The summed E-state index contributed by atoms with van der Waals surface area (Å²) in [5.74, 6) is 2.07. The van der Waals surface area contributed by atoms with E-state index in [9.17, 15) is 0 Å². The Morgan fingerprint density at radius 1 is 1.15 bits per heavy atom. The van der Waals surface area contributed by atoms with Gasteiger partial charge < -0.3 is 15.5 Å². The average Bonchev–Trinajstić information content (AvgIpc) is 2.84. The van der Waals surface area contributed by atoms with Crippen LogP contribution in [-0.4, -0.2) is 11.5 Å². The molecule has 0 aliphatic rings. The van der Waals surface area contributed by atoms with Crippen molar-refractivity contribution < 1.29 is 4.42 Å². The quantitative estimate of drug-likeness (QED) is 0.666. The van der Waals surface area contributed by atoms with E-state index >= 15 is 0 Å². The maximum atomic E-state index is 5.82. The highest BCUT2D eigenvalue weighted by molar-refractivity contribution is 5.78. The Bertz CT molecular complexity index is 579. The van der Waals surface area contributed by atoms with E-state index in [0.717, 1.165) is 17.1 Å². The largest absolute Gasteiger partial charge is 0.459 e. The number of rotatable bonds is 3. The van der Waals surface area contributed by atoms with Gasteiger partial charge in [0.1, 0.15) is 18.1 Å². The number of nitrogens with two attached hydrogens (primary N) is 1. The van der Waals surface area contributed by atoms with Gasteiger partial charge in [-0.15, -0.1) is 0 Å². The van der Waals surface area contributed by atoms with Gasteiger partial charge in [-0.2, -0.15) is 0 Å². The molecule has 1 aromatic carbocycles. The van der Waals surface area contributed by atoms with E-state index < -0.39 is 0 Å². The molecule has 0 atom stereocenters. The molecule has 4 nitrogen and oxygen atoms in total. The van der Waals surface area contributed by atoms with Gasteiger partial charge in [0.15, 0.2) is 5.96 Å². The lowest BCUT2D eigenvalue weighted by atomic mass is 10.1. The van der Waals surface area contributed by atoms with Crippen molar-refractivity contribution in [2.24, 2.45) is 10.7 Å². The fourth-order valence-corrected chi connectivity index (χ4v) is 1.81. The van der Waals surface area contributed by atoms with E-state index in [4.69, 9.17) is 10.2 Å². The Labute approximate surface area is 119 Å². The van der Waals surface area contributed by atoms with E-state index in [1.54, 1.807) is 0 Å². The number of hydrogen-bond acceptors (Lipinski definition) is 2. The predicted octanol–water partition coefficient (Wildman–Crippen LogP) is 3.15. The summed E-state index contributed by atoms with van der Waals surface area (Å²) in [6.07, 6.45) is 0. The van der Waals surface area contributed by atoms with E-state index in [2.05, 4.69) is 10.3 Å². The predicted molar refractivity (Wildman–Crippen MR) is 82.4 cm³/mol. The van der Waals surface area contributed by atoms with Gasteiger partial charge in [-0.3, -0.25) is 0 Å². The minimum Gasteiger partial charge on any atom is -0.459 e. The summed E-state index contributed by atoms with van der Waals surface area (Å²) < 4.78 is 5.76. The summed E-state index contributed by atoms with van der Waals surface area (Å²) >= 11 is 0. The number of benzene rings is 1. The van der Waals surface area contributed by atoms with Crippen LogP contribution in [0.15, 0.2) is 51.9 Å². The maximum absolute atomic E-state index is 5.82. The van der Waals surface area contributed by atoms with Gasteiger partial charge in [-0.05, 0) is 32.9 Å². The molecule has 20 heavy (non-hydrogen) atoms. The summed E-state index contributed by atoms with van der Waals surface area (Å²) in [7, 11) is 0. The Morgan fingerprint density at radius 3 is 2.50 bits per heavy atom. The van der Waals surface area contributed by atoms with Gasteiger partial charge in [0.2, 0.25) is 0 Å². The molecule has 0 saturated carbocycles. The summed E-state index contributed by atoms with van der Waals surface area (Å²) in [6, 6.07) is 13.9. The minimum atomic E-state index is -0.0913. The van der Waals surface area contributed by atoms with E-state index in [1.165, 1.54) is 0 Å². The topological polar surface area (TPSA) is 63.5 Å². The Balaban J connectivity index is 2.02. The Hall–Kier alpha value is -2.23. The first kappa shape index (κ1) is 14.2. The first-order chi connectivity index (χ1) is 9.44. The third kappa shape index (κ3) is 4.16. The lowest BCUT2D eigenvalue weighted by Crippen LogP contribution is -2.44. The lowest BCUT2D eigenvalue weighted by molar-refractivity contribution is 0.502. The van der Waals surface area contributed by atoms with E-state index in [1.807, 2.05) is 63.2 Å². The third-order valence-electron chi connectivity index (χ3n) is 2.63. The molecule has 2 rings (SSSR count). The fraction of sp³-hybridized carbons (Fsp3) is 0.312. The summed E-state index contributed by atoms with van der Waals surface area (Å²) in [4.78, 5) is 4.28. The van der Waals surface area contributed by atoms with Crippen LogP contribution >= 0.6 is 0 Å². The lowest BCUT2D eigenvalue weighted by Gasteiger charge is -2.20. The second-order valence-corrected chi connectivity index (χ2v) is 5.71. The zero-order chi connectivity index (χ0) is 14.6. The standard InChI is InChI=1S/C16H21N3O/c1-16(2,3)19-15(17)18-11-13-9-10-14(20-13)12-7-5-4-6-8-12/h4-10H,11H2,1-3H3,(H3,17,18,19). The molecule has 0 saturated heterocycles. The second-order valence-electron chi connectivity index (χ2n) is 5.71. The van der Waals surface area contributed by atoms with Gasteiger partial charge in [-0.1, -0.05) is 30.3 Å². The third-order valence-corrected chi connectivity index (χ3v) is 2.63. The van der Waals surface area contributed by atoms with Crippen LogP contribution in [0.4, 0.5) is 0 Å². The van der Waals surface area contributed by atoms with Crippen molar-refractivity contribution >= 4 is 5.96 Å². The van der Waals surface area contributed by atoms with Crippen molar-refractivity contribution in [3.8, 4) is 11.3 Å². The molecular formula is C16H21N3O. The van der Waals surface area contributed by atoms with Crippen molar-refractivity contribution in [1.29, 1.82) is 0 Å². The molecule has 0 amide bonds. The van der Waals surface area contributed by atoms with Gasteiger partial charge in [-0.25, -0.2) is 4.99 Å². The van der Waals surface area contributed by atoms with Crippen molar-refractivity contribution in [2.75, 3.05) is 0 Å². The van der Waals surface area contributed by atoms with Gasteiger partial charge in [0.25, 0.3) is 0 Å². The molecule has 4 heteroatoms. The summed E-state index contributed by atoms with van der Waals surface area (Å²) in [5, 5.41) is 3.11. The molecule has 0 radical (unpaired) electrons. The smallest absolute Gasteiger partial charge is 0.189 e. The van der Waals surface area contributed by atoms with Crippen LogP contribution in [0.5, 0.6) is 0 Å². The highest BCUT2D eigenvalue weighted by Crippen LogP contribution is 2.21. The molecule has 0 bridgehead atoms. The van der Waals surface area contributed by atoms with Crippen molar-refractivity contribution in [3.05, 3.63) is 48.2 Å². The normalized spacial score (nSPS) is 12.4. The average molecular weight is 271 g/mol. The molecule has 0 spiro atoms. The molecule has 1 aromatic heterocycles. The van der Waals surface area contributed by atoms with Crippen LogP contribution in [0.2, 0.25) is 0 Å². The highest BCUT2D eigenvalue weighted by atomic mass is 16.3. The number of aliphatic imine (C=N–C) groups is 1. The Morgan fingerprint density at radius 2 is 1.85 bits per heavy atom. The van der Waals surface area contributed by atoms with E-state index in [0.29, 0.717) is 12.5 Å². The zero-order valence-corrected chi connectivity index (χ0v) is 12.2. The van der Waals surface area contributed by atoms with Crippen LogP contribution in [0.25, 0.3) is 11.3 Å². The van der Waals surface area contributed by atoms with Crippen LogP contribution in [0.3, 0.4) is 0 Å². The molecule has 0 fully saturated rings. The number of furan rings is 1. The zero-order valence-electron chi connectivity index (χ0n) is 12.2. The molecule has 1 heterocycles. The SMILES string of the molecule is CC(C)(C)NC(N)=NCc1ccc(-c2ccccc2)o1. The monoisotopic (exact) mass is 271 g/mol. The van der Waals surface area contributed by atoms with Crippen molar-refractivity contribution in [1.82, 2.24) is 5.32 Å². The maximum Gasteiger partial charge on any atom is 0.189 e. The molecule has 2 aromatic rings. The molecule has 0 aliphatic carbocycles. The first-order valence-corrected chi connectivity index (χ1v) is 6.66. The Kier molecular flexibility index (Phi) is 4.13. The highest BCUT2D eigenvalue weighted by Gasteiger charge is 2.10. The van der Waals surface area contributed by atoms with Crippen molar-refractivity contribution in [3.63, 3.8) is 0 Å². The minimum absolute atomic E-state index is 0.0913. The molecule has 0 aliphatic heterocycles.